The molecule has 1 aromatic heterocycles. The first-order valence-corrected chi connectivity index (χ1v) is 6.20. The quantitative estimate of drug-likeness (QED) is 0.838. The van der Waals surface area contributed by atoms with Crippen LogP contribution >= 0.6 is 31.9 Å². The summed E-state index contributed by atoms with van der Waals surface area (Å²) in [6.45, 7) is 0. The number of halogens is 2. The second-order valence-corrected chi connectivity index (χ2v) is 5.25. The molecule has 0 radical (unpaired) electrons. The van der Waals surface area contributed by atoms with Crippen LogP contribution in [0.2, 0.25) is 0 Å². The van der Waals surface area contributed by atoms with Crippen LogP contribution < -0.4 is 5.32 Å². The van der Waals surface area contributed by atoms with Gasteiger partial charge in [-0.05, 0) is 50.8 Å². The van der Waals surface area contributed by atoms with Gasteiger partial charge in [-0.25, -0.2) is 4.98 Å². The number of pyridine rings is 1. The number of aromatic nitrogens is 1. The molecule has 1 N–H and O–H groups in total. The van der Waals surface area contributed by atoms with E-state index >= 15 is 0 Å². The molecule has 1 aliphatic rings. The SMILES string of the molecule is N#CC1(NC(=O)c2cnc(Br)c(Br)c2)CC1. The maximum absolute atomic E-state index is 11.8. The van der Waals surface area contributed by atoms with Gasteiger partial charge in [-0.1, -0.05) is 0 Å². The topological polar surface area (TPSA) is 65.8 Å². The lowest BCUT2D eigenvalue weighted by molar-refractivity contribution is 0.0941. The molecule has 0 atom stereocenters. The van der Waals surface area contributed by atoms with E-state index in [0.717, 1.165) is 12.8 Å². The summed E-state index contributed by atoms with van der Waals surface area (Å²) < 4.78 is 1.35. The number of hydrogen-bond acceptors (Lipinski definition) is 3. The largest absolute Gasteiger partial charge is 0.334 e. The Morgan fingerprint density at radius 2 is 2.25 bits per heavy atom. The minimum absolute atomic E-state index is 0.264. The number of hydrogen-bond donors (Lipinski definition) is 1. The first kappa shape index (κ1) is 11.6. The Morgan fingerprint density at radius 3 is 2.75 bits per heavy atom. The number of rotatable bonds is 2. The Hall–Kier alpha value is -0.930. The average molecular weight is 345 g/mol. The van der Waals surface area contributed by atoms with E-state index in [-0.39, 0.29) is 5.91 Å². The van der Waals surface area contributed by atoms with Crippen LogP contribution in [0.1, 0.15) is 23.2 Å². The Bertz CT molecular complexity index is 491. The predicted molar refractivity (Wildman–Crippen MR) is 64.7 cm³/mol. The molecule has 0 unspecified atom stereocenters. The molecule has 0 bridgehead atoms. The molecule has 4 nitrogen and oxygen atoms in total. The zero-order valence-electron chi connectivity index (χ0n) is 8.13. The summed E-state index contributed by atoms with van der Waals surface area (Å²) in [5.74, 6) is -0.264. The highest BCUT2D eigenvalue weighted by atomic mass is 79.9. The standard InChI is InChI=1S/C10H7Br2N3O/c11-7-3-6(4-14-8(7)12)9(16)15-10(5-13)1-2-10/h3-4H,1-2H2,(H,15,16). The first-order chi connectivity index (χ1) is 7.56. The number of nitrogens with zero attached hydrogens (tertiary/aromatic N) is 2. The van der Waals surface area contributed by atoms with Crippen LogP contribution in [0.15, 0.2) is 21.3 Å². The van der Waals surface area contributed by atoms with Gasteiger partial charge in [-0.2, -0.15) is 5.26 Å². The van der Waals surface area contributed by atoms with Crippen LogP contribution in [0.3, 0.4) is 0 Å². The fraction of sp³-hybridized carbons (Fsp3) is 0.300. The van der Waals surface area contributed by atoms with Gasteiger partial charge >= 0.3 is 0 Å². The molecule has 1 amide bonds. The Balaban J connectivity index is 2.16. The minimum atomic E-state index is -0.642. The zero-order chi connectivity index (χ0) is 11.8. The highest BCUT2D eigenvalue weighted by Gasteiger charge is 2.44. The summed E-state index contributed by atoms with van der Waals surface area (Å²) in [6, 6.07) is 3.77. The van der Waals surface area contributed by atoms with Gasteiger partial charge in [0.25, 0.3) is 5.91 Å². The summed E-state index contributed by atoms with van der Waals surface area (Å²) in [4.78, 5) is 15.8. The molecule has 1 heterocycles. The van der Waals surface area contributed by atoms with Gasteiger partial charge in [0.05, 0.1) is 16.1 Å². The molecule has 1 aliphatic carbocycles. The van der Waals surface area contributed by atoms with E-state index in [9.17, 15) is 4.79 Å². The van der Waals surface area contributed by atoms with Crippen molar-refractivity contribution in [3.63, 3.8) is 0 Å². The molecule has 16 heavy (non-hydrogen) atoms. The molecule has 0 aromatic carbocycles. The fourth-order valence-electron chi connectivity index (χ4n) is 1.22. The molecular formula is C10H7Br2N3O. The number of amides is 1. The Labute approximate surface area is 109 Å². The third-order valence-corrected chi connectivity index (χ3v) is 4.14. The van der Waals surface area contributed by atoms with Gasteiger partial charge in [0, 0.05) is 6.20 Å². The normalized spacial score (nSPS) is 16.3. The van der Waals surface area contributed by atoms with Gasteiger partial charge in [-0.3, -0.25) is 4.79 Å². The molecule has 1 aromatic rings. The monoisotopic (exact) mass is 343 g/mol. The lowest BCUT2D eigenvalue weighted by Gasteiger charge is -2.09. The molecule has 0 saturated heterocycles. The van der Waals surface area contributed by atoms with Crippen molar-refractivity contribution in [2.24, 2.45) is 0 Å². The number of carbonyl (C=O) groups excluding carboxylic acids is 1. The zero-order valence-corrected chi connectivity index (χ0v) is 11.3. The van der Waals surface area contributed by atoms with Crippen molar-refractivity contribution in [3.8, 4) is 6.07 Å². The summed E-state index contributed by atoms with van der Waals surface area (Å²) >= 11 is 6.50. The van der Waals surface area contributed by atoms with E-state index in [4.69, 9.17) is 5.26 Å². The Kier molecular flexibility index (Phi) is 3.00. The summed E-state index contributed by atoms with van der Waals surface area (Å²) in [7, 11) is 0. The number of carbonyl (C=O) groups is 1. The Morgan fingerprint density at radius 1 is 1.56 bits per heavy atom. The van der Waals surface area contributed by atoms with E-state index in [2.05, 4.69) is 48.2 Å². The van der Waals surface area contributed by atoms with Crippen molar-refractivity contribution in [3.05, 3.63) is 26.9 Å². The molecule has 82 valence electrons. The van der Waals surface area contributed by atoms with Crippen molar-refractivity contribution < 1.29 is 4.79 Å². The number of nitrogens with one attached hydrogen (secondary N) is 1. The van der Waals surface area contributed by atoms with Crippen LogP contribution in [-0.2, 0) is 0 Å². The predicted octanol–water partition coefficient (Wildman–Crippen LogP) is 2.39. The lowest BCUT2D eigenvalue weighted by atomic mass is 10.2. The van der Waals surface area contributed by atoms with Gasteiger partial charge in [0.15, 0.2) is 0 Å². The fourth-order valence-corrected chi connectivity index (χ4v) is 1.79. The van der Waals surface area contributed by atoms with Gasteiger partial charge < -0.3 is 5.32 Å². The van der Waals surface area contributed by atoms with Crippen molar-refractivity contribution in [1.29, 1.82) is 5.26 Å². The second kappa shape index (κ2) is 4.15. The molecule has 1 fully saturated rings. The van der Waals surface area contributed by atoms with Crippen LogP contribution in [0.25, 0.3) is 0 Å². The summed E-state index contributed by atoms with van der Waals surface area (Å²) in [6.07, 6.45) is 2.92. The van der Waals surface area contributed by atoms with E-state index in [1.165, 1.54) is 6.20 Å². The highest BCUT2D eigenvalue weighted by Crippen LogP contribution is 2.34. The first-order valence-electron chi connectivity index (χ1n) is 4.61. The van der Waals surface area contributed by atoms with E-state index in [1.807, 2.05) is 0 Å². The van der Waals surface area contributed by atoms with Crippen LogP contribution in [0.5, 0.6) is 0 Å². The molecule has 6 heteroatoms. The van der Waals surface area contributed by atoms with Crippen LogP contribution in [0.4, 0.5) is 0 Å². The van der Waals surface area contributed by atoms with Crippen molar-refractivity contribution in [1.82, 2.24) is 10.3 Å². The second-order valence-electron chi connectivity index (χ2n) is 3.64. The van der Waals surface area contributed by atoms with E-state index in [1.54, 1.807) is 6.07 Å². The molecular weight excluding hydrogens is 338 g/mol. The summed E-state index contributed by atoms with van der Waals surface area (Å²) in [5.41, 5.74) is -0.201. The van der Waals surface area contributed by atoms with Crippen LogP contribution in [-0.4, -0.2) is 16.4 Å². The van der Waals surface area contributed by atoms with Crippen molar-refractivity contribution in [2.45, 2.75) is 18.4 Å². The van der Waals surface area contributed by atoms with Crippen LogP contribution in [0, 0.1) is 11.3 Å². The summed E-state index contributed by atoms with van der Waals surface area (Å²) in [5, 5.41) is 11.6. The average Bonchev–Trinajstić information content (AvgIpc) is 3.02. The molecule has 2 rings (SSSR count). The lowest BCUT2D eigenvalue weighted by Crippen LogP contribution is -2.35. The van der Waals surface area contributed by atoms with Gasteiger partial charge in [0.2, 0.25) is 0 Å². The maximum atomic E-state index is 11.8. The molecule has 1 saturated carbocycles. The van der Waals surface area contributed by atoms with Gasteiger partial charge in [-0.15, -0.1) is 0 Å². The van der Waals surface area contributed by atoms with Crippen molar-refractivity contribution in [2.75, 3.05) is 0 Å². The third-order valence-electron chi connectivity index (χ3n) is 2.38. The highest BCUT2D eigenvalue weighted by molar-refractivity contribution is 9.13. The minimum Gasteiger partial charge on any atom is -0.334 e. The smallest absolute Gasteiger partial charge is 0.254 e. The van der Waals surface area contributed by atoms with E-state index in [0.29, 0.717) is 14.6 Å². The third kappa shape index (κ3) is 2.25. The van der Waals surface area contributed by atoms with Gasteiger partial charge in [0.1, 0.15) is 10.1 Å². The van der Waals surface area contributed by atoms with Crippen molar-refractivity contribution >= 4 is 37.8 Å². The molecule has 0 spiro atoms. The maximum Gasteiger partial charge on any atom is 0.254 e. The molecule has 0 aliphatic heterocycles. The van der Waals surface area contributed by atoms with E-state index < -0.39 is 5.54 Å². The number of nitriles is 1.